The molecule has 2 aliphatic heterocycles. The Labute approximate surface area is 287 Å². The lowest BCUT2D eigenvalue weighted by Crippen LogP contribution is -2.53. The van der Waals surface area contributed by atoms with E-state index in [0.717, 1.165) is 16.4 Å². The first kappa shape index (κ1) is 35.4. The van der Waals surface area contributed by atoms with Gasteiger partial charge in [0.1, 0.15) is 22.1 Å². The van der Waals surface area contributed by atoms with Gasteiger partial charge in [-0.15, -0.1) is 11.8 Å². The number of methoxy groups -OCH3 is 2. The quantitative estimate of drug-likeness (QED) is 0.316. The maximum Gasteiger partial charge on any atom is 0.231 e. The normalized spacial score (nSPS) is 22.2. The van der Waals surface area contributed by atoms with Crippen LogP contribution >= 0.6 is 35.1 Å². The summed E-state index contributed by atoms with van der Waals surface area (Å²) in [6.07, 6.45) is 1.45. The smallest absolute Gasteiger partial charge is 0.231 e. The van der Waals surface area contributed by atoms with Crippen LogP contribution in [0.3, 0.4) is 0 Å². The van der Waals surface area contributed by atoms with E-state index in [1.54, 1.807) is 30.8 Å². The molecule has 1 fully saturated rings. The standard InChI is InChI=1S/C32H37ClN2O9S3/c1-18-15-22(36)26(30(38)32(18)31(39)27-23(42-2)17-24(43-3)28(33)29(27)44-32)21(19-5-7-20(45-4)8-6-19)16-25(37)34-9-14-47(40,41)35-10-12-46-13-11-35/h5-8,17-18,21,38H,9-16H2,1-4H3,(H,34,37)/t18-,21?,32+/m1/s1. The van der Waals surface area contributed by atoms with Crippen molar-refractivity contribution >= 4 is 62.6 Å². The molecule has 2 aromatic carbocycles. The lowest BCUT2D eigenvalue weighted by atomic mass is 9.69. The van der Waals surface area contributed by atoms with Gasteiger partial charge in [0, 0.05) is 72.4 Å². The summed E-state index contributed by atoms with van der Waals surface area (Å²) in [6, 6.07) is 8.64. The van der Waals surface area contributed by atoms with Gasteiger partial charge in [0.25, 0.3) is 0 Å². The van der Waals surface area contributed by atoms with E-state index < -0.39 is 50.7 Å². The van der Waals surface area contributed by atoms with Gasteiger partial charge in [-0.3, -0.25) is 14.4 Å². The van der Waals surface area contributed by atoms with Crippen molar-refractivity contribution in [2.24, 2.45) is 5.92 Å². The second-order valence-corrected chi connectivity index (χ2v) is 16.0. The first-order chi connectivity index (χ1) is 22.4. The Hall–Kier alpha value is -2.91. The zero-order valence-corrected chi connectivity index (χ0v) is 29.7. The summed E-state index contributed by atoms with van der Waals surface area (Å²) in [7, 11) is -0.783. The van der Waals surface area contributed by atoms with E-state index in [4.69, 9.17) is 25.8 Å². The molecule has 1 unspecified atom stereocenters. The molecule has 3 aliphatic rings. The second kappa shape index (κ2) is 14.3. The highest BCUT2D eigenvalue weighted by Gasteiger charge is 2.61. The Balaban J connectivity index is 1.51. The molecule has 1 saturated heterocycles. The van der Waals surface area contributed by atoms with E-state index in [-0.39, 0.29) is 58.5 Å². The van der Waals surface area contributed by atoms with Gasteiger partial charge < -0.3 is 24.6 Å². The van der Waals surface area contributed by atoms with E-state index in [9.17, 15) is 27.9 Å². The van der Waals surface area contributed by atoms with Crippen LogP contribution in [0.5, 0.6) is 17.2 Å². The fourth-order valence-corrected chi connectivity index (χ4v) is 9.46. The number of Topliss-reactive ketones (excluding diaryl/α,β-unsaturated/α-hetero) is 2. The Morgan fingerprint density at radius 3 is 2.47 bits per heavy atom. The number of ether oxygens (including phenoxy) is 3. The highest BCUT2D eigenvalue weighted by atomic mass is 35.5. The number of carbonyl (C=O) groups is 3. The van der Waals surface area contributed by atoms with Crippen LogP contribution in [0.2, 0.25) is 5.02 Å². The number of hydrogen-bond donors (Lipinski definition) is 2. The number of hydrogen-bond acceptors (Lipinski definition) is 11. The van der Waals surface area contributed by atoms with Gasteiger partial charge >= 0.3 is 0 Å². The highest BCUT2D eigenvalue weighted by Crippen LogP contribution is 2.55. The van der Waals surface area contributed by atoms with E-state index in [0.29, 0.717) is 18.7 Å². The van der Waals surface area contributed by atoms with Crippen molar-refractivity contribution in [3.8, 4) is 17.2 Å². The average Bonchev–Trinajstić information content (AvgIpc) is 3.38. The number of fused-ring (bicyclic) bond motifs is 1. The molecule has 0 radical (unpaired) electrons. The third-order valence-corrected chi connectivity index (χ3v) is 12.7. The van der Waals surface area contributed by atoms with Crippen molar-refractivity contribution < 1.29 is 42.1 Å². The average molecular weight is 725 g/mol. The third-order valence-electron chi connectivity index (χ3n) is 8.81. The summed E-state index contributed by atoms with van der Waals surface area (Å²) in [5.41, 5.74) is -1.57. The van der Waals surface area contributed by atoms with Gasteiger partial charge in [-0.05, 0) is 24.0 Å². The molecule has 3 atom stereocenters. The van der Waals surface area contributed by atoms with Gasteiger partial charge in [-0.25, -0.2) is 12.7 Å². The fourth-order valence-electron chi connectivity index (χ4n) is 6.29. The summed E-state index contributed by atoms with van der Waals surface area (Å²) in [5, 5.41) is 14.7. The topological polar surface area (TPSA) is 149 Å². The summed E-state index contributed by atoms with van der Waals surface area (Å²) in [6.45, 7) is 2.36. The van der Waals surface area contributed by atoms with Gasteiger partial charge in [0.15, 0.2) is 17.3 Å². The number of aliphatic hydroxyl groups excluding tert-OH is 1. The number of sulfonamides is 1. The van der Waals surface area contributed by atoms with Crippen molar-refractivity contribution in [2.45, 2.75) is 36.2 Å². The summed E-state index contributed by atoms with van der Waals surface area (Å²) >= 11 is 9.78. The van der Waals surface area contributed by atoms with Gasteiger partial charge in [-0.2, -0.15) is 11.8 Å². The molecule has 11 nitrogen and oxygen atoms in total. The molecule has 0 bridgehead atoms. The van der Waals surface area contributed by atoms with E-state index in [2.05, 4.69) is 5.32 Å². The number of aliphatic hydroxyl groups is 1. The predicted octanol–water partition coefficient (Wildman–Crippen LogP) is 4.48. The van der Waals surface area contributed by atoms with Gasteiger partial charge in [-0.1, -0.05) is 30.7 Å². The fraction of sp³-hybridized carbons (Fsp3) is 0.469. The molecule has 1 aliphatic carbocycles. The molecule has 2 heterocycles. The van der Waals surface area contributed by atoms with Crippen LogP contribution in [-0.2, 0) is 19.6 Å². The first-order valence-electron chi connectivity index (χ1n) is 15.0. The van der Waals surface area contributed by atoms with Crippen molar-refractivity contribution in [1.29, 1.82) is 0 Å². The van der Waals surface area contributed by atoms with Crippen LogP contribution in [0.4, 0.5) is 0 Å². The van der Waals surface area contributed by atoms with Crippen molar-refractivity contribution in [3.63, 3.8) is 0 Å². The van der Waals surface area contributed by atoms with Gasteiger partial charge in [0.2, 0.25) is 27.3 Å². The molecule has 0 aromatic heterocycles. The summed E-state index contributed by atoms with van der Waals surface area (Å²) < 4.78 is 44.2. The van der Waals surface area contributed by atoms with Crippen LogP contribution in [-0.4, -0.2) is 98.3 Å². The largest absolute Gasteiger partial charge is 0.507 e. The molecule has 254 valence electrons. The molecular weight excluding hydrogens is 688 g/mol. The zero-order chi connectivity index (χ0) is 34.1. The van der Waals surface area contributed by atoms with Crippen LogP contribution in [0.15, 0.2) is 46.6 Å². The molecule has 47 heavy (non-hydrogen) atoms. The van der Waals surface area contributed by atoms with Crippen molar-refractivity contribution in [1.82, 2.24) is 9.62 Å². The molecule has 0 saturated carbocycles. The highest BCUT2D eigenvalue weighted by molar-refractivity contribution is 7.99. The lowest BCUT2D eigenvalue weighted by molar-refractivity contribution is -0.121. The molecule has 2 N–H and O–H groups in total. The number of nitrogens with zero attached hydrogens (tertiary/aromatic N) is 1. The molecule has 5 rings (SSSR count). The van der Waals surface area contributed by atoms with Crippen LogP contribution in [0.1, 0.15) is 41.6 Å². The number of nitrogens with one attached hydrogen (secondary N) is 1. The number of allylic oxidation sites excluding steroid dienone is 1. The third kappa shape index (κ3) is 6.59. The molecule has 1 amide bonds. The Morgan fingerprint density at radius 2 is 1.85 bits per heavy atom. The van der Waals surface area contributed by atoms with Gasteiger partial charge in [0.05, 0.1) is 20.0 Å². The zero-order valence-electron chi connectivity index (χ0n) is 26.5. The van der Waals surface area contributed by atoms with Crippen LogP contribution in [0.25, 0.3) is 0 Å². The minimum absolute atomic E-state index is 0.00816. The van der Waals surface area contributed by atoms with E-state index in [1.165, 1.54) is 36.4 Å². The monoisotopic (exact) mass is 724 g/mol. The number of amides is 1. The number of thioether (sulfide) groups is 2. The molecular formula is C32H37ClN2O9S3. The molecule has 1 spiro atoms. The minimum atomic E-state index is -3.56. The maximum atomic E-state index is 14.3. The Kier molecular flexibility index (Phi) is 10.8. The first-order valence-corrected chi connectivity index (χ1v) is 19.4. The molecule has 2 aromatic rings. The SMILES string of the molecule is COc1cc(OC)c2c(c1Cl)O[C@]1(C2=O)C(O)=C(C(CC(=O)NCCS(=O)(=O)N2CCSCC2)c2ccc(SC)cc2)C(=O)C[C@H]1C. The molecule has 15 heteroatoms. The summed E-state index contributed by atoms with van der Waals surface area (Å²) in [4.78, 5) is 42.4. The van der Waals surface area contributed by atoms with E-state index >= 15 is 0 Å². The Bertz CT molecular complexity index is 1710. The number of ketones is 2. The second-order valence-electron chi connectivity index (χ2n) is 11.5. The van der Waals surface area contributed by atoms with E-state index in [1.807, 2.05) is 18.4 Å². The predicted molar refractivity (Wildman–Crippen MR) is 182 cm³/mol. The van der Waals surface area contributed by atoms with Crippen LogP contribution in [0, 0.1) is 5.92 Å². The maximum absolute atomic E-state index is 14.3. The van der Waals surface area contributed by atoms with Crippen molar-refractivity contribution in [3.05, 3.63) is 57.8 Å². The summed E-state index contributed by atoms with van der Waals surface area (Å²) in [5.74, 6) is -2.53. The number of halogens is 1. The minimum Gasteiger partial charge on any atom is -0.507 e. The lowest BCUT2D eigenvalue weighted by Gasteiger charge is -2.38. The number of benzene rings is 2. The number of carbonyl (C=O) groups excluding carboxylic acids is 3. The number of rotatable bonds is 11. The Morgan fingerprint density at radius 1 is 1.19 bits per heavy atom. The van der Waals surface area contributed by atoms with Crippen molar-refractivity contribution in [2.75, 3.05) is 57.4 Å². The van der Waals surface area contributed by atoms with Crippen LogP contribution < -0.4 is 19.5 Å².